The minimum absolute atomic E-state index is 0.515. The predicted molar refractivity (Wildman–Crippen MR) is 84.8 cm³/mol. The van der Waals surface area contributed by atoms with Crippen LogP contribution in [0.25, 0.3) is 0 Å². The Kier molecular flexibility index (Phi) is 5.89. The maximum absolute atomic E-state index is 6.42. The molecule has 0 atom stereocenters. The van der Waals surface area contributed by atoms with Crippen molar-refractivity contribution in [1.29, 1.82) is 0 Å². The summed E-state index contributed by atoms with van der Waals surface area (Å²) in [5.74, 6) is 0.757. The smallest absolute Gasteiger partial charge is 0.138 e. The van der Waals surface area contributed by atoms with Gasteiger partial charge in [-0.25, -0.2) is 0 Å². The summed E-state index contributed by atoms with van der Waals surface area (Å²) in [6, 6.07) is 6.00. The van der Waals surface area contributed by atoms with Crippen molar-refractivity contribution in [3.05, 3.63) is 40.9 Å². The summed E-state index contributed by atoms with van der Waals surface area (Å²) in [5.41, 5.74) is 2.15. The van der Waals surface area contributed by atoms with E-state index in [2.05, 4.69) is 22.9 Å². The van der Waals surface area contributed by atoms with Crippen LogP contribution >= 0.6 is 11.6 Å². The molecule has 0 spiro atoms. The summed E-state index contributed by atoms with van der Waals surface area (Å²) in [5, 5.41) is 4.10. The van der Waals surface area contributed by atoms with Crippen LogP contribution in [0.1, 0.15) is 12.5 Å². The zero-order valence-corrected chi connectivity index (χ0v) is 12.9. The van der Waals surface area contributed by atoms with Gasteiger partial charge in [-0.2, -0.15) is 0 Å². The predicted octanol–water partition coefficient (Wildman–Crippen LogP) is 2.74. The highest BCUT2D eigenvalue weighted by Gasteiger charge is 2.12. The molecule has 0 unspecified atom stereocenters. The van der Waals surface area contributed by atoms with E-state index in [1.54, 1.807) is 0 Å². The topological polar surface area (TPSA) is 24.5 Å². The molecule has 0 radical (unpaired) electrons. The third-order valence-corrected chi connectivity index (χ3v) is 3.85. The van der Waals surface area contributed by atoms with E-state index in [-0.39, 0.29) is 0 Å². The first kappa shape index (κ1) is 15.4. The van der Waals surface area contributed by atoms with Crippen molar-refractivity contribution >= 4 is 11.6 Å². The van der Waals surface area contributed by atoms with Gasteiger partial charge in [0, 0.05) is 32.7 Å². The molecule has 1 aromatic carbocycles. The lowest BCUT2D eigenvalue weighted by atomic mass is 10.1. The molecule has 0 saturated carbocycles. The molecule has 20 heavy (non-hydrogen) atoms. The van der Waals surface area contributed by atoms with E-state index in [4.69, 9.17) is 16.3 Å². The van der Waals surface area contributed by atoms with E-state index in [0.29, 0.717) is 6.61 Å². The number of hydrogen-bond donors (Lipinski definition) is 1. The SMILES string of the molecule is C=C(C)COc1cccc(CCN2CCNCC2)c1Cl. The summed E-state index contributed by atoms with van der Waals surface area (Å²) in [4.78, 5) is 2.47. The van der Waals surface area contributed by atoms with E-state index in [9.17, 15) is 0 Å². The molecular weight excluding hydrogens is 272 g/mol. The second-order valence-electron chi connectivity index (χ2n) is 5.32. The molecule has 110 valence electrons. The highest BCUT2D eigenvalue weighted by atomic mass is 35.5. The number of rotatable bonds is 6. The number of hydrogen-bond acceptors (Lipinski definition) is 3. The Bertz CT molecular complexity index is 456. The largest absolute Gasteiger partial charge is 0.488 e. The number of nitrogens with zero attached hydrogens (tertiary/aromatic N) is 1. The van der Waals surface area contributed by atoms with E-state index in [1.165, 1.54) is 0 Å². The molecule has 1 aliphatic rings. The van der Waals surface area contributed by atoms with Crippen molar-refractivity contribution in [2.75, 3.05) is 39.3 Å². The first-order valence-electron chi connectivity index (χ1n) is 7.14. The van der Waals surface area contributed by atoms with Crippen molar-refractivity contribution in [2.45, 2.75) is 13.3 Å². The fourth-order valence-corrected chi connectivity index (χ4v) is 2.55. The Morgan fingerprint density at radius 3 is 2.85 bits per heavy atom. The van der Waals surface area contributed by atoms with E-state index in [0.717, 1.165) is 61.1 Å². The van der Waals surface area contributed by atoms with Crippen molar-refractivity contribution in [3.63, 3.8) is 0 Å². The molecule has 0 aliphatic carbocycles. The van der Waals surface area contributed by atoms with Crippen LogP contribution in [0.2, 0.25) is 5.02 Å². The van der Waals surface area contributed by atoms with Crippen LogP contribution in [-0.2, 0) is 6.42 Å². The summed E-state index contributed by atoms with van der Waals surface area (Å²) in [6.07, 6.45) is 0.961. The molecule has 0 bridgehead atoms. The maximum Gasteiger partial charge on any atom is 0.138 e. The highest BCUT2D eigenvalue weighted by Crippen LogP contribution is 2.28. The Morgan fingerprint density at radius 2 is 2.15 bits per heavy atom. The molecule has 0 amide bonds. The van der Waals surface area contributed by atoms with Crippen LogP contribution < -0.4 is 10.1 Å². The summed E-state index contributed by atoms with van der Waals surface area (Å²) < 4.78 is 5.68. The fraction of sp³-hybridized carbons (Fsp3) is 0.500. The Labute approximate surface area is 126 Å². The molecule has 1 heterocycles. The molecule has 0 aromatic heterocycles. The number of piperazine rings is 1. The van der Waals surface area contributed by atoms with Gasteiger partial charge < -0.3 is 15.0 Å². The Balaban J connectivity index is 1.93. The number of halogens is 1. The van der Waals surface area contributed by atoms with E-state index >= 15 is 0 Å². The summed E-state index contributed by atoms with van der Waals surface area (Å²) in [7, 11) is 0. The molecule has 1 aliphatic heterocycles. The monoisotopic (exact) mass is 294 g/mol. The van der Waals surface area contributed by atoms with Gasteiger partial charge in [0.15, 0.2) is 0 Å². The molecule has 1 saturated heterocycles. The minimum atomic E-state index is 0.515. The Hall–Kier alpha value is -1.03. The van der Waals surface area contributed by atoms with Crippen molar-refractivity contribution in [2.24, 2.45) is 0 Å². The van der Waals surface area contributed by atoms with E-state index in [1.807, 2.05) is 19.1 Å². The molecule has 4 heteroatoms. The van der Waals surface area contributed by atoms with Crippen LogP contribution in [-0.4, -0.2) is 44.2 Å². The first-order valence-corrected chi connectivity index (χ1v) is 7.52. The lowest BCUT2D eigenvalue weighted by Crippen LogP contribution is -2.44. The normalized spacial score (nSPS) is 16.1. The first-order chi connectivity index (χ1) is 9.66. The zero-order valence-electron chi connectivity index (χ0n) is 12.1. The van der Waals surface area contributed by atoms with Gasteiger partial charge in [0.1, 0.15) is 12.4 Å². The van der Waals surface area contributed by atoms with Crippen molar-refractivity contribution < 1.29 is 4.74 Å². The van der Waals surface area contributed by atoms with Crippen LogP contribution in [0.15, 0.2) is 30.4 Å². The zero-order chi connectivity index (χ0) is 14.4. The molecule has 2 rings (SSSR count). The number of nitrogens with one attached hydrogen (secondary N) is 1. The highest BCUT2D eigenvalue weighted by molar-refractivity contribution is 6.32. The second kappa shape index (κ2) is 7.67. The van der Waals surface area contributed by atoms with Gasteiger partial charge in [-0.15, -0.1) is 0 Å². The molecule has 3 nitrogen and oxygen atoms in total. The van der Waals surface area contributed by atoms with Gasteiger partial charge in [-0.3, -0.25) is 0 Å². The fourth-order valence-electron chi connectivity index (χ4n) is 2.28. The lowest BCUT2D eigenvalue weighted by molar-refractivity contribution is 0.244. The molecule has 1 fully saturated rings. The lowest BCUT2D eigenvalue weighted by Gasteiger charge is -2.27. The van der Waals surface area contributed by atoms with Crippen LogP contribution in [0.4, 0.5) is 0 Å². The van der Waals surface area contributed by atoms with Crippen LogP contribution in [0.5, 0.6) is 5.75 Å². The summed E-state index contributed by atoms with van der Waals surface area (Å²) >= 11 is 6.42. The third-order valence-electron chi connectivity index (χ3n) is 3.42. The third kappa shape index (κ3) is 4.51. The molecular formula is C16H23ClN2O. The molecule has 1 N–H and O–H groups in total. The van der Waals surface area contributed by atoms with Gasteiger partial charge in [0.2, 0.25) is 0 Å². The van der Waals surface area contributed by atoms with Gasteiger partial charge in [-0.1, -0.05) is 30.3 Å². The van der Waals surface area contributed by atoms with Crippen LogP contribution in [0.3, 0.4) is 0 Å². The average Bonchev–Trinajstić information content (AvgIpc) is 2.46. The summed E-state index contributed by atoms with van der Waals surface area (Å²) in [6.45, 7) is 11.7. The van der Waals surface area contributed by atoms with Gasteiger partial charge >= 0.3 is 0 Å². The van der Waals surface area contributed by atoms with Crippen molar-refractivity contribution in [1.82, 2.24) is 10.2 Å². The van der Waals surface area contributed by atoms with Crippen molar-refractivity contribution in [3.8, 4) is 5.75 Å². The van der Waals surface area contributed by atoms with Gasteiger partial charge in [0.05, 0.1) is 5.02 Å². The molecule has 1 aromatic rings. The quantitative estimate of drug-likeness (QED) is 0.817. The second-order valence-corrected chi connectivity index (χ2v) is 5.69. The number of ether oxygens (including phenoxy) is 1. The van der Waals surface area contributed by atoms with Gasteiger partial charge in [-0.05, 0) is 30.5 Å². The standard InChI is InChI=1S/C16H23ClN2O/c1-13(2)12-20-15-5-3-4-14(16(15)17)6-9-19-10-7-18-8-11-19/h3-5,18H,1,6-12H2,2H3. The van der Waals surface area contributed by atoms with E-state index < -0.39 is 0 Å². The number of benzene rings is 1. The van der Waals surface area contributed by atoms with Crippen LogP contribution in [0, 0.1) is 0 Å². The Morgan fingerprint density at radius 1 is 1.40 bits per heavy atom. The minimum Gasteiger partial charge on any atom is -0.488 e. The van der Waals surface area contributed by atoms with Gasteiger partial charge in [0.25, 0.3) is 0 Å². The average molecular weight is 295 g/mol. The maximum atomic E-state index is 6.42.